The first-order valence-electron chi connectivity index (χ1n) is 8.33. The first-order chi connectivity index (χ1) is 13.1. The Labute approximate surface area is 157 Å². The fourth-order valence-corrected chi connectivity index (χ4v) is 3.19. The number of ketones is 1. The molecule has 1 amide bonds. The second kappa shape index (κ2) is 8.81. The monoisotopic (exact) mass is 402 g/mol. The highest BCUT2D eigenvalue weighted by Gasteiger charge is 2.44. The van der Waals surface area contributed by atoms with Crippen LogP contribution in [0.2, 0.25) is 0 Å². The number of esters is 1. The number of anilines is 1. The van der Waals surface area contributed by atoms with E-state index >= 15 is 0 Å². The minimum absolute atomic E-state index is 0.117. The number of carbonyl (C=O) groups is 3. The van der Waals surface area contributed by atoms with Gasteiger partial charge in [-0.05, 0) is 18.1 Å². The predicted octanol–water partition coefficient (Wildman–Crippen LogP) is 2.09. The van der Waals surface area contributed by atoms with E-state index in [1.807, 2.05) is 5.32 Å². The van der Waals surface area contributed by atoms with Crippen molar-refractivity contribution < 1.29 is 37.2 Å². The molecule has 0 unspecified atom stereocenters. The summed E-state index contributed by atoms with van der Waals surface area (Å²) in [5.74, 6) is -8.76. The molecule has 11 heteroatoms. The molecule has 0 bridgehead atoms. The molecule has 1 fully saturated rings. The number of amides is 1. The van der Waals surface area contributed by atoms with Crippen LogP contribution in [0, 0.1) is 45.3 Å². The molecule has 0 heterocycles. The van der Waals surface area contributed by atoms with Crippen LogP contribution in [-0.4, -0.2) is 35.7 Å². The third-order valence-electron chi connectivity index (χ3n) is 4.60. The first-order valence-corrected chi connectivity index (χ1v) is 8.33. The zero-order valence-corrected chi connectivity index (χ0v) is 14.7. The molecule has 1 aromatic carbocycles. The van der Waals surface area contributed by atoms with E-state index in [2.05, 4.69) is 0 Å². The average Bonchev–Trinajstić information content (AvgIpc) is 2.87. The molecule has 152 valence electrons. The Morgan fingerprint density at radius 1 is 1.29 bits per heavy atom. The van der Waals surface area contributed by atoms with Gasteiger partial charge in [0.2, 0.25) is 6.54 Å². The molecular weight excluding hydrogens is 385 g/mol. The summed E-state index contributed by atoms with van der Waals surface area (Å²) < 4.78 is 44.2. The number of nitro groups is 1. The molecule has 8 nitrogen and oxygen atoms in total. The van der Waals surface area contributed by atoms with E-state index < -0.39 is 71.3 Å². The standard InChI is InChI=1S/C17H17F3N2O6/c1-8-4-13(23)9(10(8)6-22(26)27)5-15(25)28-7-14(24)21-12-3-2-11(18)16(19)17(12)20/h2-3,8-10H,4-7H2,1H3,(H,21,24)/t8-,9+,10+/m0/s1. The molecule has 0 aromatic heterocycles. The molecular formula is C17H17F3N2O6. The Kier molecular flexibility index (Phi) is 6.71. The molecule has 0 radical (unpaired) electrons. The quantitative estimate of drug-likeness (QED) is 0.323. The normalized spacial score (nSPS) is 21.4. The van der Waals surface area contributed by atoms with Crippen LogP contribution in [0.25, 0.3) is 0 Å². The first kappa shape index (κ1) is 21.3. The van der Waals surface area contributed by atoms with Crippen LogP contribution in [0.1, 0.15) is 19.8 Å². The van der Waals surface area contributed by atoms with Crippen LogP contribution >= 0.6 is 0 Å². The molecule has 1 aliphatic carbocycles. The smallest absolute Gasteiger partial charge is 0.307 e. The Morgan fingerprint density at radius 3 is 2.61 bits per heavy atom. The van der Waals surface area contributed by atoms with Crippen molar-refractivity contribution in [2.45, 2.75) is 19.8 Å². The van der Waals surface area contributed by atoms with Crippen LogP contribution < -0.4 is 5.32 Å². The number of halogens is 3. The van der Waals surface area contributed by atoms with E-state index in [-0.39, 0.29) is 18.1 Å². The van der Waals surface area contributed by atoms with E-state index in [0.717, 1.165) is 6.07 Å². The van der Waals surface area contributed by atoms with Gasteiger partial charge in [0.05, 0.1) is 12.1 Å². The van der Waals surface area contributed by atoms with Gasteiger partial charge in [-0.2, -0.15) is 0 Å². The topological polar surface area (TPSA) is 116 Å². The van der Waals surface area contributed by atoms with Gasteiger partial charge in [-0.15, -0.1) is 0 Å². The molecule has 0 saturated heterocycles. The molecule has 0 aliphatic heterocycles. The highest BCUT2D eigenvalue weighted by Crippen LogP contribution is 2.36. The SMILES string of the molecule is C[C@H]1CC(=O)[C@H](CC(=O)OCC(=O)Nc2ccc(F)c(F)c2F)[C@@H]1C[N+](=O)[O-]. The zero-order chi connectivity index (χ0) is 21.0. The summed E-state index contributed by atoms with van der Waals surface area (Å²) in [6.07, 6.45) is -0.305. The average molecular weight is 402 g/mol. The number of carbonyl (C=O) groups excluding carboxylic acids is 3. The molecule has 1 N–H and O–H groups in total. The summed E-state index contributed by atoms with van der Waals surface area (Å²) in [7, 11) is 0. The second-order valence-corrected chi connectivity index (χ2v) is 6.57. The van der Waals surface area contributed by atoms with Crippen molar-refractivity contribution in [1.29, 1.82) is 0 Å². The number of hydrogen-bond donors (Lipinski definition) is 1. The maximum Gasteiger partial charge on any atom is 0.307 e. The van der Waals surface area contributed by atoms with E-state index in [4.69, 9.17) is 4.74 Å². The molecule has 1 saturated carbocycles. The lowest BCUT2D eigenvalue weighted by Gasteiger charge is -2.17. The van der Waals surface area contributed by atoms with E-state index in [1.165, 1.54) is 0 Å². The van der Waals surface area contributed by atoms with Gasteiger partial charge in [-0.1, -0.05) is 6.92 Å². The van der Waals surface area contributed by atoms with Gasteiger partial charge in [0, 0.05) is 23.2 Å². The van der Waals surface area contributed by atoms with Gasteiger partial charge < -0.3 is 10.1 Å². The van der Waals surface area contributed by atoms with Crippen LogP contribution in [0.4, 0.5) is 18.9 Å². The number of benzene rings is 1. The number of ether oxygens (including phenoxy) is 1. The number of Topliss-reactive ketones (excluding diaryl/α,β-unsaturated/α-hetero) is 1. The summed E-state index contributed by atoms with van der Waals surface area (Å²) in [6, 6.07) is 1.41. The maximum atomic E-state index is 13.5. The molecule has 2 rings (SSSR count). The number of nitrogens with zero attached hydrogens (tertiary/aromatic N) is 1. The molecule has 1 aromatic rings. The summed E-state index contributed by atoms with van der Waals surface area (Å²) >= 11 is 0. The van der Waals surface area contributed by atoms with Crippen molar-refractivity contribution in [3.05, 3.63) is 39.7 Å². The molecule has 3 atom stereocenters. The van der Waals surface area contributed by atoms with Gasteiger partial charge in [0.15, 0.2) is 24.1 Å². The van der Waals surface area contributed by atoms with Crippen molar-refractivity contribution in [2.75, 3.05) is 18.5 Å². The summed E-state index contributed by atoms with van der Waals surface area (Å²) in [6.45, 7) is 0.371. The van der Waals surface area contributed by atoms with Crippen LogP contribution in [0.5, 0.6) is 0 Å². The molecule has 28 heavy (non-hydrogen) atoms. The van der Waals surface area contributed by atoms with Gasteiger partial charge in [0.25, 0.3) is 5.91 Å². The number of rotatable bonds is 7. The Bertz CT molecular complexity index is 816. The number of hydrogen-bond acceptors (Lipinski definition) is 6. The summed E-state index contributed by atoms with van der Waals surface area (Å²) in [5.41, 5.74) is -0.634. The van der Waals surface area contributed by atoms with E-state index in [0.29, 0.717) is 6.07 Å². The Morgan fingerprint density at radius 2 is 1.96 bits per heavy atom. The predicted molar refractivity (Wildman–Crippen MR) is 88.2 cm³/mol. The zero-order valence-electron chi connectivity index (χ0n) is 14.7. The lowest BCUT2D eigenvalue weighted by Crippen LogP contribution is -2.28. The van der Waals surface area contributed by atoms with Crippen molar-refractivity contribution in [1.82, 2.24) is 0 Å². The summed E-state index contributed by atoms with van der Waals surface area (Å²) in [5, 5.41) is 12.7. The summed E-state index contributed by atoms with van der Waals surface area (Å²) in [4.78, 5) is 45.8. The van der Waals surface area contributed by atoms with Gasteiger partial charge >= 0.3 is 5.97 Å². The van der Waals surface area contributed by atoms with Gasteiger partial charge in [0.1, 0.15) is 5.78 Å². The van der Waals surface area contributed by atoms with E-state index in [1.54, 1.807) is 6.92 Å². The lowest BCUT2D eigenvalue weighted by molar-refractivity contribution is -0.490. The van der Waals surface area contributed by atoms with Crippen molar-refractivity contribution >= 4 is 23.3 Å². The highest BCUT2D eigenvalue weighted by atomic mass is 19.2. The fraction of sp³-hybridized carbons (Fsp3) is 0.471. The maximum absolute atomic E-state index is 13.5. The molecule has 1 aliphatic rings. The minimum Gasteiger partial charge on any atom is -0.456 e. The highest BCUT2D eigenvalue weighted by molar-refractivity contribution is 5.93. The van der Waals surface area contributed by atoms with Crippen LogP contribution in [-0.2, 0) is 19.1 Å². The lowest BCUT2D eigenvalue weighted by atomic mass is 9.88. The fourth-order valence-electron chi connectivity index (χ4n) is 3.19. The second-order valence-electron chi connectivity index (χ2n) is 6.57. The van der Waals surface area contributed by atoms with Crippen molar-refractivity contribution in [2.24, 2.45) is 17.8 Å². The van der Waals surface area contributed by atoms with Gasteiger partial charge in [-0.3, -0.25) is 24.5 Å². The van der Waals surface area contributed by atoms with Crippen LogP contribution in [0.15, 0.2) is 12.1 Å². The van der Waals surface area contributed by atoms with Gasteiger partial charge in [-0.25, -0.2) is 13.2 Å². The van der Waals surface area contributed by atoms with Crippen LogP contribution in [0.3, 0.4) is 0 Å². The Hall–Kier alpha value is -2.98. The number of nitrogens with one attached hydrogen (secondary N) is 1. The van der Waals surface area contributed by atoms with Crippen molar-refractivity contribution in [3.63, 3.8) is 0 Å². The third-order valence-corrected chi connectivity index (χ3v) is 4.60. The van der Waals surface area contributed by atoms with E-state index in [9.17, 15) is 37.7 Å². The Balaban J connectivity index is 1.89. The largest absolute Gasteiger partial charge is 0.456 e. The minimum atomic E-state index is -1.76. The third kappa shape index (κ3) is 5.05. The molecule has 0 spiro atoms. The van der Waals surface area contributed by atoms with Crippen molar-refractivity contribution in [3.8, 4) is 0 Å².